The highest BCUT2D eigenvalue weighted by Gasteiger charge is 2.36. The summed E-state index contributed by atoms with van der Waals surface area (Å²) >= 11 is 0. The van der Waals surface area contributed by atoms with Crippen molar-refractivity contribution in [2.45, 2.75) is 6.18 Å². The molecule has 0 aliphatic carbocycles. The number of nitrogens with one attached hydrogen (secondary N) is 1. The summed E-state index contributed by atoms with van der Waals surface area (Å²) in [6.07, 6.45) is -4.77. The number of H-pyrrole nitrogens is 1. The highest BCUT2D eigenvalue weighted by atomic mass is 19.4. The van der Waals surface area contributed by atoms with Crippen molar-refractivity contribution in [3.05, 3.63) is 34.2 Å². The van der Waals surface area contributed by atoms with E-state index in [1.165, 1.54) is 18.2 Å². The lowest BCUT2D eigenvalue weighted by Crippen LogP contribution is -2.23. The van der Waals surface area contributed by atoms with E-state index in [1.807, 2.05) is 0 Å². The van der Waals surface area contributed by atoms with Gasteiger partial charge in [0.25, 0.3) is 5.56 Å². The van der Waals surface area contributed by atoms with Crippen LogP contribution in [0, 0.1) is 0 Å². The summed E-state index contributed by atoms with van der Waals surface area (Å²) in [5.41, 5.74) is 3.03. The third kappa shape index (κ3) is 1.60. The Hall–Kier alpha value is -2.05. The van der Waals surface area contributed by atoms with Gasteiger partial charge >= 0.3 is 6.18 Å². The van der Waals surface area contributed by atoms with E-state index in [0.29, 0.717) is 0 Å². The number of nitrogens with zero attached hydrogens (tertiary/aromatic N) is 1. The molecule has 0 radical (unpaired) electrons. The SMILES string of the molecule is Nc1cccc2nc(C(F)(F)F)c(=O)[nH]c12. The number of anilines is 1. The second kappa shape index (κ2) is 3.22. The molecule has 1 aromatic carbocycles. The van der Waals surface area contributed by atoms with Crippen LogP contribution in [0.5, 0.6) is 0 Å². The van der Waals surface area contributed by atoms with Crippen LogP contribution in [0.1, 0.15) is 5.69 Å². The van der Waals surface area contributed by atoms with Crippen LogP contribution in [0.15, 0.2) is 23.0 Å². The lowest BCUT2D eigenvalue weighted by atomic mass is 10.2. The maximum atomic E-state index is 12.4. The molecule has 0 saturated carbocycles. The van der Waals surface area contributed by atoms with Crippen molar-refractivity contribution in [2.75, 3.05) is 5.73 Å². The minimum Gasteiger partial charge on any atom is -0.397 e. The van der Waals surface area contributed by atoms with Crippen LogP contribution in [0.25, 0.3) is 11.0 Å². The number of benzene rings is 1. The van der Waals surface area contributed by atoms with E-state index < -0.39 is 17.4 Å². The number of hydrogen-bond donors (Lipinski definition) is 2. The zero-order valence-electron chi connectivity index (χ0n) is 7.80. The van der Waals surface area contributed by atoms with Crippen LogP contribution in [0.3, 0.4) is 0 Å². The minimum atomic E-state index is -4.77. The first-order valence-corrected chi connectivity index (χ1v) is 4.25. The predicted octanol–water partition coefficient (Wildman–Crippen LogP) is 1.52. The third-order valence-electron chi connectivity index (χ3n) is 2.03. The van der Waals surface area contributed by atoms with E-state index in [9.17, 15) is 18.0 Å². The number of rotatable bonds is 0. The highest BCUT2D eigenvalue weighted by Crippen LogP contribution is 2.26. The summed E-state index contributed by atoms with van der Waals surface area (Å²) < 4.78 is 37.1. The van der Waals surface area contributed by atoms with Crippen molar-refractivity contribution in [3.8, 4) is 0 Å². The van der Waals surface area contributed by atoms with Crippen LogP contribution in [0.4, 0.5) is 18.9 Å². The molecule has 0 atom stereocenters. The van der Waals surface area contributed by atoms with Gasteiger partial charge in [0.15, 0.2) is 0 Å². The number of aromatic nitrogens is 2. The van der Waals surface area contributed by atoms with Crippen molar-refractivity contribution >= 4 is 16.7 Å². The number of para-hydroxylation sites is 1. The Morgan fingerprint density at radius 3 is 2.62 bits per heavy atom. The monoisotopic (exact) mass is 229 g/mol. The van der Waals surface area contributed by atoms with E-state index in [1.54, 1.807) is 0 Å². The Labute approximate surface area is 86.9 Å². The van der Waals surface area contributed by atoms with E-state index in [4.69, 9.17) is 5.73 Å². The van der Waals surface area contributed by atoms with Crippen molar-refractivity contribution in [1.29, 1.82) is 0 Å². The molecule has 3 N–H and O–H groups in total. The standard InChI is InChI=1S/C9H6F3N3O/c10-9(11,12)7-8(16)15-6-4(13)2-1-3-5(6)14-7/h1-3H,13H2,(H,15,16). The molecule has 2 rings (SSSR count). The number of nitrogen functional groups attached to an aromatic ring is 1. The van der Waals surface area contributed by atoms with Crippen molar-refractivity contribution in [3.63, 3.8) is 0 Å². The molecule has 0 unspecified atom stereocenters. The fourth-order valence-corrected chi connectivity index (χ4v) is 1.32. The summed E-state index contributed by atoms with van der Waals surface area (Å²) in [7, 11) is 0. The smallest absolute Gasteiger partial charge is 0.397 e. The van der Waals surface area contributed by atoms with Crippen LogP contribution in [-0.2, 0) is 6.18 Å². The first kappa shape index (κ1) is 10.5. The topological polar surface area (TPSA) is 71.8 Å². The van der Waals surface area contributed by atoms with Gasteiger partial charge in [-0.3, -0.25) is 4.79 Å². The molecule has 0 aliphatic rings. The first-order chi connectivity index (χ1) is 7.39. The van der Waals surface area contributed by atoms with Crippen LogP contribution < -0.4 is 11.3 Å². The number of hydrogen-bond acceptors (Lipinski definition) is 3. The number of fused-ring (bicyclic) bond motifs is 1. The van der Waals surface area contributed by atoms with Gasteiger partial charge in [0.2, 0.25) is 5.69 Å². The minimum absolute atomic E-state index is 0.00641. The number of halogens is 3. The Morgan fingerprint density at radius 1 is 1.31 bits per heavy atom. The van der Waals surface area contributed by atoms with E-state index >= 15 is 0 Å². The zero-order chi connectivity index (χ0) is 11.9. The predicted molar refractivity (Wildman–Crippen MR) is 51.8 cm³/mol. The van der Waals surface area contributed by atoms with E-state index in [0.717, 1.165) is 0 Å². The maximum absolute atomic E-state index is 12.4. The summed E-state index contributed by atoms with van der Waals surface area (Å²) in [5, 5.41) is 0. The van der Waals surface area contributed by atoms with Gasteiger partial charge in [-0.25, -0.2) is 4.98 Å². The van der Waals surface area contributed by atoms with Gasteiger partial charge in [0.1, 0.15) is 0 Å². The largest absolute Gasteiger partial charge is 0.438 e. The quantitative estimate of drug-likeness (QED) is 0.673. The van der Waals surface area contributed by atoms with Crippen LogP contribution >= 0.6 is 0 Å². The van der Waals surface area contributed by atoms with Crippen molar-refractivity contribution < 1.29 is 13.2 Å². The molecular weight excluding hydrogens is 223 g/mol. The molecular formula is C9H6F3N3O. The van der Waals surface area contributed by atoms with E-state index in [2.05, 4.69) is 9.97 Å². The Balaban J connectivity index is 2.83. The fraction of sp³-hybridized carbons (Fsp3) is 0.111. The second-order valence-electron chi connectivity index (χ2n) is 3.15. The highest BCUT2D eigenvalue weighted by molar-refractivity contribution is 5.86. The van der Waals surface area contributed by atoms with Gasteiger partial charge in [-0.15, -0.1) is 0 Å². The molecule has 0 amide bonds. The molecule has 7 heteroatoms. The van der Waals surface area contributed by atoms with Gasteiger partial charge in [0, 0.05) is 0 Å². The fourth-order valence-electron chi connectivity index (χ4n) is 1.32. The number of aromatic amines is 1. The van der Waals surface area contributed by atoms with Gasteiger partial charge in [-0.05, 0) is 12.1 Å². The normalized spacial score (nSPS) is 11.9. The van der Waals surface area contributed by atoms with Gasteiger partial charge in [-0.1, -0.05) is 6.07 Å². The summed E-state index contributed by atoms with van der Waals surface area (Å²) in [4.78, 5) is 16.5. The molecule has 2 aromatic rings. The number of alkyl halides is 3. The molecule has 1 aromatic heterocycles. The van der Waals surface area contributed by atoms with Gasteiger partial charge in [0.05, 0.1) is 16.7 Å². The zero-order valence-corrected chi connectivity index (χ0v) is 7.80. The lowest BCUT2D eigenvalue weighted by Gasteiger charge is -2.06. The summed E-state index contributed by atoms with van der Waals surface area (Å²) in [5.74, 6) is 0. The molecule has 0 aliphatic heterocycles. The van der Waals surface area contributed by atoms with E-state index in [-0.39, 0.29) is 16.7 Å². The van der Waals surface area contributed by atoms with Crippen molar-refractivity contribution in [1.82, 2.24) is 9.97 Å². The Bertz CT molecular complexity index is 603. The molecule has 0 spiro atoms. The summed E-state index contributed by atoms with van der Waals surface area (Å²) in [6, 6.07) is 4.27. The molecule has 0 fully saturated rings. The van der Waals surface area contributed by atoms with Crippen molar-refractivity contribution in [2.24, 2.45) is 0 Å². The average molecular weight is 229 g/mol. The first-order valence-electron chi connectivity index (χ1n) is 4.25. The number of nitrogens with two attached hydrogens (primary N) is 1. The van der Waals surface area contributed by atoms with Gasteiger partial charge < -0.3 is 10.7 Å². The average Bonchev–Trinajstić information content (AvgIpc) is 2.17. The molecule has 0 saturated heterocycles. The molecule has 16 heavy (non-hydrogen) atoms. The van der Waals surface area contributed by atoms with Gasteiger partial charge in [-0.2, -0.15) is 13.2 Å². The molecule has 0 bridgehead atoms. The Kier molecular flexibility index (Phi) is 2.11. The second-order valence-corrected chi connectivity index (χ2v) is 3.15. The van der Waals surface area contributed by atoms with Crippen LogP contribution in [0.2, 0.25) is 0 Å². The Morgan fingerprint density at radius 2 is 2.00 bits per heavy atom. The molecule has 4 nitrogen and oxygen atoms in total. The summed E-state index contributed by atoms with van der Waals surface area (Å²) in [6.45, 7) is 0. The lowest BCUT2D eigenvalue weighted by molar-refractivity contribution is -0.142. The van der Waals surface area contributed by atoms with Crippen LogP contribution in [-0.4, -0.2) is 9.97 Å². The maximum Gasteiger partial charge on any atom is 0.438 e. The molecule has 84 valence electrons. The molecule has 1 heterocycles. The third-order valence-corrected chi connectivity index (χ3v) is 2.03.